The Balaban J connectivity index is 1.03. The minimum Gasteiger partial charge on any atom is -0.481 e. The van der Waals surface area contributed by atoms with Crippen LogP contribution in [0.15, 0.2) is 11.6 Å². The van der Waals surface area contributed by atoms with Gasteiger partial charge in [-0.2, -0.15) is 0 Å². The Morgan fingerprint density at radius 2 is 1.29 bits per heavy atom. The van der Waals surface area contributed by atoms with E-state index < -0.39 is 128 Å². The van der Waals surface area contributed by atoms with Crippen LogP contribution in [-0.2, 0) is 33.2 Å². The fourth-order valence-corrected chi connectivity index (χ4v) is 15.4. The number of carbonyl (C=O) groups is 1. The number of ether oxygens (including phenoxy) is 6. The van der Waals surface area contributed by atoms with Crippen LogP contribution in [0.3, 0.4) is 0 Å². The van der Waals surface area contributed by atoms with Crippen molar-refractivity contribution in [2.75, 3.05) is 13.2 Å². The standard InChI is InChI=1S/C48H78O18/c1-21(2)8-9-25(50)30(40(59)60)24-12-14-46(7)28-11-10-27-44(5,20-49)29(13-15-47(27)19-48(28,47)17-16-45(24,46)6)65-43-39(66-42-38(58)35(55)32(52)23(4)63-42)36(56)33(53)26(64-43)18-61-41-37(57)34(54)31(51)22(3)62-41/h8,22-39,41-43,49-58H,9-20H2,1-7H3,(H,59,60)/t22-,23+,24+,25?,26+,27-,28+,29+,30?,31+,32+,33-,34-,35-,36+,37?,38-,39?,41-,42+,43+,44-,45-,46-,47-,48-/m1/s1. The number of aliphatic hydroxyl groups is 10. The van der Waals surface area contributed by atoms with Crippen LogP contribution in [0.2, 0.25) is 0 Å². The fraction of sp³-hybridized carbons (Fsp3) is 0.938. The number of rotatable bonds is 13. The smallest absolute Gasteiger partial charge is 0.309 e. The van der Waals surface area contributed by atoms with Crippen LogP contribution in [0.4, 0.5) is 0 Å². The number of carboxylic acid groups (broad SMARTS) is 1. The molecule has 18 heteroatoms. The first kappa shape index (κ1) is 50.9. The molecule has 66 heavy (non-hydrogen) atoms. The van der Waals surface area contributed by atoms with Crippen molar-refractivity contribution in [3.05, 3.63) is 11.6 Å². The summed E-state index contributed by atoms with van der Waals surface area (Å²) in [6, 6.07) is 0. The molecule has 0 aromatic carbocycles. The van der Waals surface area contributed by atoms with E-state index in [1.54, 1.807) is 0 Å². The van der Waals surface area contributed by atoms with Gasteiger partial charge >= 0.3 is 5.97 Å². The Hall–Kier alpha value is -1.43. The third-order valence-corrected chi connectivity index (χ3v) is 19.4. The first-order valence-electron chi connectivity index (χ1n) is 24.4. The summed E-state index contributed by atoms with van der Waals surface area (Å²) in [6.45, 7) is 12.8. The van der Waals surface area contributed by atoms with Crippen molar-refractivity contribution in [2.45, 2.75) is 217 Å². The lowest BCUT2D eigenvalue weighted by molar-refractivity contribution is -0.380. The van der Waals surface area contributed by atoms with Crippen molar-refractivity contribution < 1.29 is 89.4 Å². The van der Waals surface area contributed by atoms with Gasteiger partial charge in [0.25, 0.3) is 0 Å². The molecule has 11 N–H and O–H groups in total. The van der Waals surface area contributed by atoms with Crippen LogP contribution in [0.1, 0.15) is 113 Å². The van der Waals surface area contributed by atoms with E-state index >= 15 is 0 Å². The lowest BCUT2D eigenvalue weighted by Crippen LogP contribution is -2.66. The van der Waals surface area contributed by atoms with Gasteiger partial charge in [0.15, 0.2) is 18.9 Å². The average molecular weight is 943 g/mol. The maximum Gasteiger partial charge on any atom is 0.309 e. The highest BCUT2D eigenvalue weighted by Gasteiger charge is 2.83. The Morgan fingerprint density at radius 1 is 0.682 bits per heavy atom. The molecular weight excluding hydrogens is 865 g/mol. The van der Waals surface area contributed by atoms with Gasteiger partial charge in [-0.1, -0.05) is 32.4 Å². The lowest BCUT2D eigenvalue weighted by Gasteiger charge is -2.64. The zero-order chi connectivity index (χ0) is 48.2. The number of aliphatic carboxylic acids is 1. The summed E-state index contributed by atoms with van der Waals surface area (Å²) in [5, 5.41) is 120. The van der Waals surface area contributed by atoms with E-state index in [2.05, 4.69) is 13.8 Å². The van der Waals surface area contributed by atoms with Gasteiger partial charge in [-0.3, -0.25) is 4.79 Å². The Kier molecular flexibility index (Phi) is 14.1. The molecule has 4 unspecified atom stereocenters. The molecule has 3 aliphatic heterocycles. The van der Waals surface area contributed by atoms with Crippen LogP contribution >= 0.6 is 0 Å². The second-order valence-electron chi connectivity index (χ2n) is 22.7. The van der Waals surface area contributed by atoms with Gasteiger partial charge in [-0.15, -0.1) is 0 Å². The van der Waals surface area contributed by atoms with E-state index in [1.165, 1.54) is 13.8 Å². The van der Waals surface area contributed by atoms with Gasteiger partial charge in [-0.05, 0) is 131 Å². The van der Waals surface area contributed by atoms with Crippen molar-refractivity contribution in [3.8, 4) is 0 Å². The van der Waals surface area contributed by atoms with Gasteiger partial charge in [0.2, 0.25) is 0 Å². The highest BCUT2D eigenvalue weighted by Crippen LogP contribution is 2.89. The molecule has 5 aliphatic carbocycles. The van der Waals surface area contributed by atoms with Crippen LogP contribution in [0.25, 0.3) is 0 Å². The number of fused-ring (bicyclic) bond motifs is 2. The van der Waals surface area contributed by atoms with Crippen LogP contribution in [0, 0.1) is 50.7 Å². The number of aliphatic hydroxyl groups excluding tert-OH is 10. The molecule has 2 spiro atoms. The van der Waals surface area contributed by atoms with Crippen molar-refractivity contribution >= 4 is 5.97 Å². The summed E-state index contributed by atoms with van der Waals surface area (Å²) in [4.78, 5) is 12.9. The molecule has 0 aromatic rings. The summed E-state index contributed by atoms with van der Waals surface area (Å²) >= 11 is 0. The fourth-order valence-electron chi connectivity index (χ4n) is 15.4. The lowest BCUT2D eigenvalue weighted by atomic mass is 9.41. The van der Waals surface area contributed by atoms with Gasteiger partial charge in [-0.25, -0.2) is 0 Å². The highest BCUT2D eigenvalue weighted by atomic mass is 16.8. The van der Waals surface area contributed by atoms with Gasteiger partial charge in [0, 0.05) is 5.41 Å². The SMILES string of the molecule is CC(C)=CCC(O)C(C(=O)O)[C@@H]1CC[C@]2(C)[C@@H]3CC[C@@H]4[C@@](C)(CO)[C@@H](O[C@@H]5O[C@@H](CO[C@@H]6O[C@H](C)[C@H](O)[C@@H](O)C6O)[C@@H](O)[C@H](O)C5O[C@@H]5O[C@@H](C)[C@H](O)[C@@H](O)[C@H]5O)CC[C@@]45C[C@]35CC[C@]12C. The van der Waals surface area contributed by atoms with E-state index in [0.29, 0.717) is 18.8 Å². The molecule has 0 radical (unpaired) electrons. The third-order valence-electron chi connectivity index (χ3n) is 19.4. The monoisotopic (exact) mass is 943 g/mol. The van der Waals surface area contributed by atoms with Crippen molar-refractivity contribution in [1.29, 1.82) is 0 Å². The molecule has 18 nitrogen and oxygen atoms in total. The third kappa shape index (κ3) is 7.87. The van der Waals surface area contributed by atoms with E-state index in [4.69, 9.17) is 28.4 Å². The Labute approximate surface area is 387 Å². The predicted molar refractivity (Wildman–Crippen MR) is 231 cm³/mol. The molecule has 8 rings (SSSR count). The molecule has 26 atom stereocenters. The topological polar surface area (TPSA) is 295 Å². The molecule has 8 fully saturated rings. The van der Waals surface area contributed by atoms with Gasteiger partial charge in [0.1, 0.15) is 61.0 Å². The van der Waals surface area contributed by atoms with Crippen LogP contribution in [0.5, 0.6) is 0 Å². The molecule has 3 heterocycles. The second-order valence-corrected chi connectivity index (χ2v) is 22.7. The molecular formula is C48H78O18. The predicted octanol–water partition coefficient (Wildman–Crippen LogP) is 0.705. The Morgan fingerprint density at radius 3 is 1.91 bits per heavy atom. The molecule has 3 saturated heterocycles. The molecule has 0 bridgehead atoms. The van der Waals surface area contributed by atoms with Gasteiger partial charge < -0.3 is 84.6 Å². The summed E-state index contributed by atoms with van der Waals surface area (Å²) in [5.41, 5.74) is -0.376. The largest absolute Gasteiger partial charge is 0.481 e. The van der Waals surface area contributed by atoms with E-state index in [0.717, 1.165) is 56.9 Å². The van der Waals surface area contributed by atoms with E-state index in [-0.39, 0.29) is 40.1 Å². The molecule has 0 aromatic heterocycles. The van der Waals surface area contributed by atoms with Crippen molar-refractivity contribution in [2.24, 2.45) is 50.7 Å². The highest BCUT2D eigenvalue weighted by molar-refractivity contribution is 5.71. The van der Waals surface area contributed by atoms with Crippen molar-refractivity contribution in [1.82, 2.24) is 0 Å². The normalized spacial score (nSPS) is 54.2. The molecule has 0 amide bonds. The zero-order valence-corrected chi connectivity index (χ0v) is 39.5. The minimum atomic E-state index is -1.77. The van der Waals surface area contributed by atoms with E-state index in [9.17, 15) is 61.0 Å². The molecule has 378 valence electrons. The average Bonchev–Trinajstić information content (AvgIpc) is 3.87. The second kappa shape index (κ2) is 18.3. The van der Waals surface area contributed by atoms with Crippen LogP contribution in [-0.4, -0.2) is 180 Å². The number of carboxylic acids is 1. The van der Waals surface area contributed by atoms with Crippen LogP contribution < -0.4 is 0 Å². The summed E-state index contributed by atoms with van der Waals surface area (Å²) in [7, 11) is 0. The summed E-state index contributed by atoms with van der Waals surface area (Å²) < 4.78 is 36.5. The first-order chi connectivity index (χ1) is 30.9. The van der Waals surface area contributed by atoms with E-state index in [1.807, 2.05) is 26.8 Å². The summed E-state index contributed by atoms with van der Waals surface area (Å²) in [5.74, 6) is -1.65. The summed E-state index contributed by atoms with van der Waals surface area (Å²) in [6.07, 6.45) is -14.4. The Bertz CT molecular complexity index is 1780. The quantitative estimate of drug-likeness (QED) is 0.0895. The number of allylic oxidation sites excluding steroid dienone is 1. The maximum atomic E-state index is 12.9. The number of hydrogen-bond acceptors (Lipinski definition) is 17. The van der Waals surface area contributed by atoms with Crippen molar-refractivity contribution in [3.63, 3.8) is 0 Å². The zero-order valence-electron chi connectivity index (χ0n) is 39.5. The first-order valence-corrected chi connectivity index (χ1v) is 24.4. The van der Waals surface area contributed by atoms with Gasteiger partial charge in [0.05, 0.1) is 43.5 Å². The number of hydrogen-bond donors (Lipinski definition) is 11. The molecule has 5 saturated carbocycles. The minimum absolute atomic E-state index is 0.0140. The maximum absolute atomic E-state index is 12.9. The molecule has 8 aliphatic rings.